The van der Waals surface area contributed by atoms with E-state index in [0.717, 1.165) is 6.29 Å². The van der Waals surface area contributed by atoms with Crippen molar-refractivity contribution in [3.05, 3.63) is 10.6 Å². The Morgan fingerprint density at radius 1 is 1.32 bits per heavy atom. The molecule has 4 nitrogen and oxygen atoms in total. The Kier molecular flexibility index (Phi) is 4.10. The van der Waals surface area contributed by atoms with E-state index in [-0.39, 0.29) is 0 Å². The van der Waals surface area contributed by atoms with Gasteiger partial charge >= 0.3 is 6.18 Å². The maximum atomic E-state index is 12.3. The zero-order valence-corrected chi connectivity index (χ0v) is 11.2. The summed E-state index contributed by atoms with van der Waals surface area (Å²) >= 11 is 1.29. The average Bonchev–Trinajstić information content (AvgIpc) is 2.69. The molecule has 1 aromatic rings. The van der Waals surface area contributed by atoms with Crippen LogP contribution in [-0.2, 0) is 0 Å². The Morgan fingerprint density at radius 3 is 2.42 bits per heavy atom. The highest BCUT2D eigenvalue weighted by Gasteiger charge is 2.32. The van der Waals surface area contributed by atoms with Crippen molar-refractivity contribution in [1.29, 1.82) is 0 Å². The number of thiazole rings is 1. The number of carbonyl (C=O) groups excluding carboxylic acids is 1. The fraction of sp³-hybridized carbons (Fsp3) is 0.636. The fourth-order valence-corrected chi connectivity index (χ4v) is 2.92. The Balaban J connectivity index is 1.94. The second-order valence-corrected chi connectivity index (χ2v) is 5.45. The molecule has 1 saturated heterocycles. The number of carbonyl (C=O) groups is 1. The van der Waals surface area contributed by atoms with E-state index in [1.54, 1.807) is 6.92 Å². The summed E-state index contributed by atoms with van der Waals surface area (Å²) in [4.78, 5) is 18.9. The number of halogens is 3. The van der Waals surface area contributed by atoms with Crippen LogP contribution in [0.4, 0.5) is 18.3 Å². The van der Waals surface area contributed by atoms with Crippen molar-refractivity contribution in [2.75, 3.05) is 37.6 Å². The van der Waals surface area contributed by atoms with Crippen molar-refractivity contribution in [2.24, 2.45) is 0 Å². The topological polar surface area (TPSA) is 36.4 Å². The van der Waals surface area contributed by atoms with Gasteiger partial charge in [-0.15, -0.1) is 0 Å². The molecule has 0 aromatic carbocycles. The summed E-state index contributed by atoms with van der Waals surface area (Å²) in [7, 11) is 0. The zero-order valence-electron chi connectivity index (χ0n) is 10.4. The van der Waals surface area contributed by atoms with Gasteiger partial charge in [0.1, 0.15) is 0 Å². The van der Waals surface area contributed by atoms with Gasteiger partial charge in [0.2, 0.25) is 0 Å². The van der Waals surface area contributed by atoms with E-state index in [1.165, 1.54) is 16.2 Å². The number of hydrogen-bond donors (Lipinski definition) is 0. The lowest BCUT2D eigenvalue weighted by molar-refractivity contribution is -0.146. The Bertz CT molecular complexity index is 453. The van der Waals surface area contributed by atoms with Crippen LogP contribution >= 0.6 is 11.3 Å². The normalized spacial score (nSPS) is 17.8. The monoisotopic (exact) mass is 293 g/mol. The van der Waals surface area contributed by atoms with Crippen LogP contribution in [0.15, 0.2) is 0 Å². The number of anilines is 1. The summed E-state index contributed by atoms with van der Waals surface area (Å²) in [5, 5.41) is 0.714. The molecule has 0 atom stereocenters. The Labute approximate surface area is 112 Å². The molecule has 0 unspecified atom stereocenters. The van der Waals surface area contributed by atoms with Gasteiger partial charge in [-0.25, -0.2) is 4.98 Å². The number of nitrogens with zero attached hydrogens (tertiary/aromatic N) is 3. The van der Waals surface area contributed by atoms with Gasteiger partial charge in [-0.1, -0.05) is 11.3 Å². The molecule has 0 amide bonds. The molecule has 1 aliphatic rings. The predicted molar refractivity (Wildman–Crippen MR) is 66.9 cm³/mol. The Morgan fingerprint density at radius 2 is 1.95 bits per heavy atom. The highest BCUT2D eigenvalue weighted by Crippen LogP contribution is 2.26. The molecular formula is C11H14F3N3OS. The molecule has 0 aliphatic carbocycles. The predicted octanol–water partition coefficient (Wildman–Crippen LogP) is 1.95. The molecule has 8 heteroatoms. The van der Waals surface area contributed by atoms with Crippen LogP contribution in [0.5, 0.6) is 0 Å². The van der Waals surface area contributed by atoms with Crippen molar-refractivity contribution < 1.29 is 18.0 Å². The molecule has 106 valence electrons. The molecule has 19 heavy (non-hydrogen) atoms. The van der Waals surface area contributed by atoms with Crippen LogP contribution in [0, 0.1) is 6.92 Å². The Hall–Kier alpha value is -1.15. The van der Waals surface area contributed by atoms with Gasteiger partial charge in [-0.2, -0.15) is 13.2 Å². The second kappa shape index (κ2) is 5.46. The highest BCUT2D eigenvalue weighted by molar-refractivity contribution is 7.17. The number of aryl methyl sites for hydroxylation is 1. The standard InChI is InChI=1S/C11H14F3N3OS/c1-8-9(6-18)19-10(15-8)17-4-2-16(3-5-17)7-11(12,13)14/h6H,2-5,7H2,1H3. The minimum absolute atomic E-state index is 0.356. The van der Waals surface area contributed by atoms with E-state index in [9.17, 15) is 18.0 Å². The van der Waals surface area contributed by atoms with Crippen LogP contribution in [0.1, 0.15) is 15.4 Å². The van der Waals surface area contributed by atoms with E-state index in [1.807, 2.05) is 4.90 Å². The first-order valence-electron chi connectivity index (χ1n) is 5.86. The molecule has 0 spiro atoms. The molecule has 1 aromatic heterocycles. The van der Waals surface area contributed by atoms with E-state index in [4.69, 9.17) is 0 Å². The van der Waals surface area contributed by atoms with Gasteiger partial charge < -0.3 is 4.90 Å². The lowest BCUT2D eigenvalue weighted by atomic mass is 10.3. The maximum Gasteiger partial charge on any atom is 0.401 e. The van der Waals surface area contributed by atoms with Gasteiger partial charge in [0.05, 0.1) is 17.1 Å². The first kappa shape index (κ1) is 14.3. The summed E-state index contributed by atoms with van der Waals surface area (Å²) in [5.74, 6) is 0. The van der Waals surface area contributed by atoms with Crippen LogP contribution in [-0.4, -0.2) is 55.1 Å². The molecule has 2 heterocycles. The quantitative estimate of drug-likeness (QED) is 0.798. The van der Waals surface area contributed by atoms with Gasteiger partial charge in [-0.3, -0.25) is 9.69 Å². The summed E-state index contributed by atoms with van der Waals surface area (Å²) in [6.07, 6.45) is -3.39. The van der Waals surface area contributed by atoms with Crippen molar-refractivity contribution in [3.8, 4) is 0 Å². The molecule has 2 rings (SSSR count). The van der Waals surface area contributed by atoms with Crippen LogP contribution in [0.2, 0.25) is 0 Å². The minimum atomic E-state index is -4.15. The lowest BCUT2D eigenvalue weighted by Crippen LogP contribution is -2.49. The first-order valence-corrected chi connectivity index (χ1v) is 6.67. The molecule has 0 radical (unpaired) electrons. The molecule has 1 aliphatic heterocycles. The number of hydrogen-bond acceptors (Lipinski definition) is 5. The average molecular weight is 293 g/mol. The molecular weight excluding hydrogens is 279 g/mol. The van der Waals surface area contributed by atoms with Crippen molar-refractivity contribution in [3.63, 3.8) is 0 Å². The molecule has 0 bridgehead atoms. The van der Waals surface area contributed by atoms with Crippen molar-refractivity contribution in [2.45, 2.75) is 13.1 Å². The lowest BCUT2D eigenvalue weighted by Gasteiger charge is -2.34. The molecule has 1 fully saturated rings. The van der Waals surface area contributed by atoms with Crippen molar-refractivity contribution in [1.82, 2.24) is 9.88 Å². The van der Waals surface area contributed by atoms with Gasteiger partial charge in [0, 0.05) is 26.2 Å². The third-order valence-electron chi connectivity index (χ3n) is 2.97. The van der Waals surface area contributed by atoms with Gasteiger partial charge in [0.15, 0.2) is 11.4 Å². The second-order valence-electron chi connectivity index (χ2n) is 4.44. The van der Waals surface area contributed by atoms with Gasteiger partial charge in [0.25, 0.3) is 0 Å². The van der Waals surface area contributed by atoms with Gasteiger partial charge in [-0.05, 0) is 6.92 Å². The third-order valence-corrected chi connectivity index (χ3v) is 4.12. The number of piperazine rings is 1. The van der Waals surface area contributed by atoms with E-state index < -0.39 is 12.7 Å². The van der Waals surface area contributed by atoms with E-state index in [0.29, 0.717) is 41.9 Å². The SMILES string of the molecule is Cc1nc(N2CCN(CC(F)(F)F)CC2)sc1C=O. The number of alkyl halides is 3. The number of aldehydes is 1. The summed E-state index contributed by atoms with van der Waals surface area (Å²) in [6.45, 7) is 2.60. The maximum absolute atomic E-state index is 12.3. The van der Waals surface area contributed by atoms with Crippen molar-refractivity contribution >= 4 is 22.8 Å². The highest BCUT2D eigenvalue weighted by atomic mass is 32.1. The third kappa shape index (κ3) is 3.66. The first-order chi connectivity index (χ1) is 8.89. The van der Waals surface area contributed by atoms with E-state index >= 15 is 0 Å². The van der Waals surface area contributed by atoms with Crippen LogP contribution in [0.3, 0.4) is 0 Å². The molecule has 0 N–H and O–H groups in total. The molecule has 0 saturated carbocycles. The smallest absolute Gasteiger partial charge is 0.346 e. The largest absolute Gasteiger partial charge is 0.401 e. The zero-order chi connectivity index (χ0) is 14.0. The summed E-state index contributed by atoms with van der Waals surface area (Å²) < 4.78 is 36.8. The van der Waals surface area contributed by atoms with E-state index in [2.05, 4.69) is 4.98 Å². The van der Waals surface area contributed by atoms with Crippen LogP contribution < -0.4 is 4.90 Å². The summed E-state index contributed by atoms with van der Waals surface area (Å²) in [5.41, 5.74) is 0.674. The fourth-order valence-electron chi connectivity index (χ4n) is 1.99. The summed E-state index contributed by atoms with van der Waals surface area (Å²) in [6, 6.07) is 0. The minimum Gasteiger partial charge on any atom is -0.346 e. The number of aromatic nitrogens is 1. The number of rotatable bonds is 3. The van der Waals surface area contributed by atoms with Crippen LogP contribution in [0.25, 0.3) is 0 Å².